The van der Waals surface area contributed by atoms with E-state index in [1.54, 1.807) is 24.0 Å². The fourth-order valence-corrected chi connectivity index (χ4v) is 4.27. The first-order valence-corrected chi connectivity index (χ1v) is 9.89. The highest BCUT2D eigenvalue weighted by Crippen LogP contribution is 2.35. The second-order valence-corrected chi connectivity index (χ2v) is 7.82. The summed E-state index contributed by atoms with van der Waals surface area (Å²) in [7, 11) is 0. The minimum atomic E-state index is -0.366. The molecule has 0 saturated heterocycles. The number of hydrogen-bond donors (Lipinski definition) is 1. The van der Waals surface area contributed by atoms with E-state index >= 15 is 0 Å². The van der Waals surface area contributed by atoms with Crippen molar-refractivity contribution < 1.29 is 14.0 Å². The summed E-state index contributed by atoms with van der Waals surface area (Å²) in [5, 5.41) is 4.68. The van der Waals surface area contributed by atoms with E-state index < -0.39 is 0 Å². The largest absolute Gasteiger partial charge is 0.326 e. The minimum Gasteiger partial charge on any atom is -0.326 e. The van der Waals surface area contributed by atoms with Gasteiger partial charge < -0.3 is 10.2 Å². The molecule has 1 aliphatic rings. The summed E-state index contributed by atoms with van der Waals surface area (Å²) in [6, 6.07) is 15.6. The van der Waals surface area contributed by atoms with Gasteiger partial charge in [-0.15, -0.1) is 11.3 Å². The predicted octanol–water partition coefficient (Wildman–Crippen LogP) is 4.92. The standard InChI is InChI=1S/C22H19FN2O2S/c1-14-8-9-16(11-18(14)23)24-21(26)12-19(20-7-4-10-28-20)25-13-15-5-2-3-6-17(15)22(25)27/h2-11,19H,12-13H2,1H3,(H,24,26)/t19-/m1/s1. The molecule has 0 unspecified atom stereocenters. The summed E-state index contributed by atoms with van der Waals surface area (Å²) in [5.41, 5.74) is 2.59. The Kier molecular flexibility index (Phi) is 4.96. The lowest BCUT2D eigenvalue weighted by molar-refractivity contribution is -0.117. The van der Waals surface area contributed by atoms with Crippen LogP contribution in [-0.4, -0.2) is 16.7 Å². The summed E-state index contributed by atoms with van der Waals surface area (Å²) in [4.78, 5) is 28.3. The molecule has 28 heavy (non-hydrogen) atoms. The second-order valence-electron chi connectivity index (χ2n) is 6.84. The van der Waals surface area contributed by atoms with Crippen molar-refractivity contribution in [2.45, 2.75) is 25.9 Å². The maximum atomic E-state index is 13.8. The maximum Gasteiger partial charge on any atom is 0.255 e. The van der Waals surface area contributed by atoms with Crippen LogP contribution in [0, 0.1) is 12.7 Å². The van der Waals surface area contributed by atoms with Gasteiger partial charge in [-0.3, -0.25) is 9.59 Å². The fourth-order valence-electron chi connectivity index (χ4n) is 3.43. The normalized spacial score (nSPS) is 14.1. The van der Waals surface area contributed by atoms with Crippen molar-refractivity contribution in [1.29, 1.82) is 0 Å². The number of halogens is 1. The number of nitrogens with zero attached hydrogens (tertiary/aromatic N) is 1. The molecule has 0 aliphatic carbocycles. The summed E-state index contributed by atoms with van der Waals surface area (Å²) in [5.74, 6) is -0.689. The van der Waals surface area contributed by atoms with Crippen molar-refractivity contribution in [3.8, 4) is 0 Å². The smallest absolute Gasteiger partial charge is 0.255 e. The SMILES string of the molecule is Cc1ccc(NC(=O)C[C@H](c2cccs2)N2Cc3ccccc3C2=O)cc1F. The lowest BCUT2D eigenvalue weighted by atomic mass is 10.1. The lowest BCUT2D eigenvalue weighted by Gasteiger charge is -2.26. The van der Waals surface area contributed by atoms with E-state index in [0.29, 0.717) is 23.4 Å². The average molecular weight is 394 g/mol. The topological polar surface area (TPSA) is 49.4 Å². The number of benzene rings is 2. The van der Waals surface area contributed by atoms with Gasteiger partial charge in [0.05, 0.1) is 12.5 Å². The second kappa shape index (κ2) is 7.56. The van der Waals surface area contributed by atoms with Crippen molar-refractivity contribution >= 4 is 28.8 Å². The Morgan fingerprint density at radius 3 is 2.75 bits per heavy atom. The van der Waals surface area contributed by atoms with Crippen molar-refractivity contribution in [3.05, 3.63) is 87.4 Å². The Bertz CT molecular complexity index is 1030. The molecular formula is C22H19FN2O2S. The van der Waals surface area contributed by atoms with E-state index in [2.05, 4.69) is 5.32 Å². The molecular weight excluding hydrogens is 375 g/mol. The molecule has 2 heterocycles. The van der Waals surface area contributed by atoms with Crippen LogP contribution in [0.15, 0.2) is 60.0 Å². The van der Waals surface area contributed by atoms with Crippen molar-refractivity contribution in [3.63, 3.8) is 0 Å². The molecule has 4 nitrogen and oxygen atoms in total. The Balaban J connectivity index is 1.55. The molecule has 0 fully saturated rings. The molecule has 6 heteroatoms. The van der Waals surface area contributed by atoms with E-state index in [4.69, 9.17) is 0 Å². The molecule has 0 saturated carbocycles. The Morgan fingerprint density at radius 2 is 2.04 bits per heavy atom. The molecule has 1 aliphatic heterocycles. The van der Waals surface area contributed by atoms with E-state index in [9.17, 15) is 14.0 Å². The van der Waals surface area contributed by atoms with Gasteiger partial charge in [0.15, 0.2) is 0 Å². The minimum absolute atomic E-state index is 0.0665. The van der Waals surface area contributed by atoms with Crippen LogP contribution in [0.3, 0.4) is 0 Å². The molecule has 2 aromatic carbocycles. The predicted molar refractivity (Wildman–Crippen MR) is 108 cm³/mol. The van der Waals surface area contributed by atoms with Gasteiger partial charge in [-0.1, -0.05) is 30.3 Å². The highest BCUT2D eigenvalue weighted by atomic mass is 32.1. The van der Waals surface area contributed by atoms with Gasteiger partial charge in [0.25, 0.3) is 5.91 Å². The molecule has 4 rings (SSSR count). The molecule has 142 valence electrons. The average Bonchev–Trinajstić information content (AvgIpc) is 3.32. The summed E-state index contributed by atoms with van der Waals surface area (Å²) < 4.78 is 13.8. The first kappa shape index (κ1) is 18.4. The number of hydrogen-bond acceptors (Lipinski definition) is 3. The van der Waals surface area contributed by atoms with Gasteiger partial charge in [0.2, 0.25) is 5.91 Å². The van der Waals surface area contributed by atoms with Gasteiger partial charge >= 0.3 is 0 Å². The van der Waals surface area contributed by atoms with Crippen LogP contribution in [0.2, 0.25) is 0 Å². The van der Waals surface area contributed by atoms with Crippen molar-refractivity contribution in [1.82, 2.24) is 4.90 Å². The quantitative estimate of drug-likeness (QED) is 0.668. The number of thiophene rings is 1. The van der Waals surface area contributed by atoms with Crippen LogP contribution in [0.5, 0.6) is 0 Å². The molecule has 1 atom stereocenters. The molecule has 0 radical (unpaired) electrons. The fraction of sp³-hybridized carbons (Fsp3) is 0.182. The Morgan fingerprint density at radius 1 is 1.21 bits per heavy atom. The summed E-state index contributed by atoms with van der Waals surface area (Å²) in [6.45, 7) is 2.15. The Labute approximate surface area is 166 Å². The number of anilines is 1. The zero-order valence-electron chi connectivity index (χ0n) is 15.3. The number of rotatable bonds is 5. The van der Waals surface area contributed by atoms with E-state index in [1.807, 2.05) is 41.8 Å². The Hall–Kier alpha value is -2.99. The highest BCUT2D eigenvalue weighted by Gasteiger charge is 2.34. The molecule has 0 spiro atoms. The number of nitrogens with one attached hydrogen (secondary N) is 1. The first-order chi connectivity index (χ1) is 13.5. The number of carbonyl (C=O) groups excluding carboxylic acids is 2. The van der Waals surface area contributed by atoms with Crippen LogP contribution in [0.25, 0.3) is 0 Å². The molecule has 1 N–H and O–H groups in total. The zero-order valence-corrected chi connectivity index (χ0v) is 16.1. The zero-order chi connectivity index (χ0) is 19.7. The van der Waals surface area contributed by atoms with E-state index in [0.717, 1.165) is 10.4 Å². The third kappa shape index (κ3) is 3.55. The highest BCUT2D eigenvalue weighted by molar-refractivity contribution is 7.10. The van der Waals surface area contributed by atoms with Crippen molar-refractivity contribution in [2.24, 2.45) is 0 Å². The monoisotopic (exact) mass is 394 g/mol. The van der Waals surface area contributed by atoms with Gasteiger partial charge in [-0.2, -0.15) is 0 Å². The van der Waals surface area contributed by atoms with Crippen LogP contribution >= 0.6 is 11.3 Å². The van der Waals surface area contributed by atoms with Crippen LogP contribution in [-0.2, 0) is 11.3 Å². The number of aryl methyl sites for hydroxylation is 1. The summed E-state index contributed by atoms with van der Waals surface area (Å²) in [6.07, 6.45) is 0.107. The summed E-state index contributed by atoms with van der Waals surface area (Å²) >= 11 is 1.52. The van der Waals surface area contributed by atoms with Gasteiger partial charge in [0, 0.05) is 22.7 Å². The number of fused-ring (bicyclic) bond motifs is 1. The van der Waals surface area contributed by atoms with E-state index in [1.165, 1.54) is 17.4 Å². The van der Waals surface area contributed by atoms with Crippen molar-refractivity contribution in [2.75, 3.05) is 5.32 Å². The molecule has 0 bridgehead atoms. The van der Waals surface area contributed by atoms with Gasteiger partial charge in [-0.25, -0.2) is 4.39 Å². The molecule has 3 aromatic rings. The van der Waals surface area contributed by atoms with Gasteiger partial charge in [0.1, 0.15) is 5.82 Å². The van der Waals surface area contributed by atoms with E-state index in [-0.39, 0.29) is 30.1 Å². The number of amides is 2. The van der Waals surface area contributed by atoms with Crippen LogP contribution in [0.4, 0.5) is 10.1 Å². The first-order valence-electron chi connectivity index (χ1n) is 9.01. The van der Waals surface area contributed by atoms with Gasteiger partial charge in [-0.05, 0) is 47.7 Å². The third-order valence-corrected chi connectivity index (χ3v) is 5.91. The third-order valence-electron chi connectivity index (χ3n) is 4.93. The molecule has 2 amide bonds. The molecule has 1 aromatic heterocycles. The lowest BCUT2D eigenvalue weighted by Crippen LogP contribution is -2.31. The van der Waals surface area contributed by atoms with Crippen LogP contribution < -0.4 is 5.32 Å². The van der Waals surface area contributed by atoms with Crippen LogP contribution in [0.1, 0.15) is 38.8 Å². The number of carbonyl (C=O) groups is 2. The maximum absolute atomic E-state index is 13.8.